The van der Waals surface area contributed by atoms with E-state index in [1.165, 1.54) is 6.39 Å². The van der Waals surface area contributed by atoms with Gasteiger partial charge in [0.25, 0.3) is 0 Å². The molecule has 2 aromatic rings. The van der Waals surface area contributed by atoms with Crippen LogP contribution in [-0.4, -0.2) is 24.4 Å². The average molecular weight is 229 g/mol. The highest BCUT2D eigenvalue weighted by Gasteiger charge is 2.08. The second-order valence-corrected chi connectivity index (χ2v) is 3.73. The molecule has 5 nitrogen and oxygen atoms in total. The number of hydrogen-bond donors (Lipinski definition) is 0. The van der Waals surface area contributed by atoms with Gasteiger partial charge in [-0.3, -0.25) is 4.79 Å². The van der Waals surface area contributed by atoms with Gasteiger partial charge in [-0.15, -0.1) is 0 Å². The number of hydrogen-bond acceptors (Lipinski definition) is 5. The maximum Gasteiger partial charge on any atom is 0.181 e. The van der Waals surface area contributed by atoms with E-state index in [9.17, 15) is 4.79 Å². The molecule has 0 radical (unpaired) electrons. The number of anilines is 1. The first-order valence-electron chi connectivity index (χ1n) is 5.14. The maximum absolute atomic E-state index is 11.3. The van der Waals surface area contributed by atoms with Crippen LogP contribution in [0.4, 0.5) is 5.69 Å². The summed E-state index contributed by atoms with van der Waals surface area (Å²) in [5.74, 6) is -0.104. The zero-order valence-electron chi connectivity index (χ0n) is 9.38. The molecule has 0 saturated carbocycles. The van der Waals surface area contributed by atoms with Crippen LogP contribution in [0.3, 0.4) is 0 Å². The summed E-state index contributed by atoms with van der Waals surface area (Å²) >= 11 is 0. The largest absolute Gasteiger partial charge is 0.443 e. The molecular formula is C12H11N3O2. The number of carbonyl (C=O) groups excluding carboxylic acids is 1. The summed E-state index contributed by atoms with van der Waals surface area (Å²) in [7, 11) is 1.80. The number of likely N-dealkylation sites (N-methyl/N-ethyl adjacent to an activating group) is 1. The highest BCUT2D eigenvalue weighted by atomic mass is 16.3. The minimum Gasteiger partial charge on any atom is -0.443 e. The molecule has 0 aliphatic rings. The summed E-state index contributed by atoms with van der Waals surface area (Å²) in [5.41, 5.74) is 2.33. The summed E-state index contributed by atoms with van der Waals surface area (Å²) < 4.78 is 5.19. The van der Waals surface area contributed by atoms with E-state index < -0.39 is 0 Å². The number of ketones is 1. The van der Waals surface area contributed by atoms with Crippen LogP contribution >= 0.6 is 0 Å². The smallest absolute Gasteiger partial charge is 0.181 e. The lowest BCUT2D eigenvalue weighted by Gasteiger charge is -2.17. The van der Waals surface area contributed by atoms with Crippen molar-refractivity contribution in [1.29, 1.82) is 5.26 Å². The van der Waals surface area contributed by atoms with Crippen LogP contribution in [0.5, 0.6) is 0 Å². The Hall–Kier alpha value is -2.35. The van der Waals surface area contributed by atoms with Crippen molar-refractivity contribution in [3.8, 4) is 6.07 Å². The van der Waals surface area contributed by atoms with Gasteiger partial charge in [0, 0.05) is 18.8 Å². The molecule has 1 aromatic carbocycles. The number of Topliss-reactive ketones (excluding diaryl/α,β-unsaturated/α-hetero) is 1. The van der Waals surface area contributed by atoms with Crippen LogP contribution in [0.15, 0.2) is 29.0 Å². The summed E-state index contributed by atoms with van der Waals surface area (Å²) in [6, 6.07) is 7.36. The van der Waals surface area contributed by atoms with Gasteiger partial charge in [-0.05, 0) is 12.1 Å². The molecule has 5 heteroatoms. The first-order valence-corrected chi connectivity index (χ1v) is 5.14. The Morgan fingerprint density at radius 2 is 2.41 bits per heavy atom. The van der Waals surface area contributed by atoms with Gasteiger partial charge in [0.05, 0.1) is 19.0 Å². The van der Waals surface area contributed by atoms with Crippen LogP contribution in [-0.2, 0) is 4.79 Å². The van der Waals surface area contributed by atoms with E-state index in [0.717, 1.165) is 11.2 Å². The first-order chi connectivity index (χ1) is 8.20. The lowest BCUT2D eigenvalue weighted by Crippen LogP contribution is -2.25. The van der Waals surface area contributed by atoms with Crippen molar-refractivity contribution in [1.82, 2.24) is 4.98 Å². The highest BCUT2D eigenvalue weighted by Crippen LogP contribution is 2.20. The van der Waals surface area contributed by atoms with Gasteiger partial charge < -0.3 is 9.32 Å². The Morgan fingerprint density at radius 1 is 1.59 bits per heavy atom. The number of nitriles is 1. The molecule has 17 heavy (non-hydrogen) atoms. The Bertz CT molecular complexity index is 583. The third-order valence-electron chi connectivity index (χ3n) is 2.45. The van der Waals surface area contributed by atoms with E-state index in [1.54, 1.807) is 11.9 Å². The molecule has 0 bridgehead atoms. The Morgan fingerprint density at radius 3 is 3.18 bits per heavy atom. The fourth-order valence-electron chi connectivity index (χ4n) is 1.58. The number of fused-ring (bicyclic) bond motifs is 1. The normalized spacial score (nSPS) is 10.1. The predicted molar refractivity (Wildman–Crippen MR) is 62.5 cm³/mol. The van der Waals surface area contributed by atoms with Crippen molar-refractivity contribution in [3.05, 3.63) is 24.6 Å². The van der Waals surface area contributed by atoms with Crippen molar-refractivity contribution in [2.45, 2.75) is 6.42 Å². The van der Waals surface area contributed by atoms with Crippen LogP contribution < -0.4 is 4.90 Å². The van der Waals surface area contributed by atoms with Gasteiger partial charge in [-0.25, -0.2) is 4.98 Å². The molecule has 1 aromatic heterocycles. The van der Waals surface area contributed by atoms with E-state index in [4.69, 9.17) is 9.68 Å². The van der Waals surface area contributed by atoms with Gasteiger partial charge in [0.2, 0.25) is 0 Å². The lowest BCUT2D eigenvalue weighted by atomic mass is 10.2. The van der Waals surface area contributed by atoms with E-state index >= 15 is 0 Å². The molecule has 0 aliphatic carbocycles. The van der Waals surface area contributed by atoms with Gasteiger partial charge >= 0.3 is 0 Å². The molecule has 0 N–H and O–H groups in total. The summed E-state index contributed by atoms with van der Waals surface area (Å²) in [4.78, 5) is 17.1. The zero-order valence-corrected chi connectivity index (χ0v) is 9.38. The number of rotatable bonds is 4. The Balaban J connectivity index is 2.16. The van der Waals surface area contributed by atoms with Gasteiger partial charge in [0.1, 0.15) is 5.52 Å². The molecule has 0 atom stereocenters. The van der Waals surface area contributed by atoms with Crippen LogP contribution in [0.2, 0.25) is 0 Å². The molecule has 2 rings (SSSR count). The van der Waals surface area contributed by atoms with Crippen LogP contribution in [0, 0.1) is 11.3 Å². The summed E-state index contributed by atoms with van der Waals surface area (Å²) in [5, 5.41) is 8.42. The van der Waals surface area contributed by atoms with Crippen LogP contribution in [0.25, 0.3) is 11.1 Å². The highest BCUT2D eigenvalue weighted by molar-refractivity contribution is 5.86. The number of carbonyl (C=O) groups is 1. The molecular weight excluding hydrogens is 218 g/mol. The Labute approximate surface area is 98.3 Å². The van der Waals surface area contributed by atoms with E-state index in [1.807, 2.05) is 24.3 Å². The molecule has 86 valence electrons. The second kappa shape index (κ2) is 4.66. The molecule has 0 spiro atoms. The van der Waals surface area contributed by atoms with Gasteiger partial charge in [-0.1, -0.05) is 0 Å². The minimum atomic E-state index is -0.104. The lowest BCUT2D eigenvalue weighted by molar-refractivity contribution is -0.116. The number of oxazole rings is 1. The zero-order chi connectivity index (χ0) is 12.3. The second-order valence-electron chi connectivity index (χ2n) is 3.73. The van der Waals surface area contributed by atoms with Crippen molar-refractivity contribution < 1.29 is 9.21 Å². The van der Waals surface area contributed by atoms with Crippen LogP contribution in [0.1, 0.15) is 6.42 Å². The predicted octanol–water partition coefficient (Wildman–Crippen LogP) is 1.75. The topological polar surface area (TPSA) is 70.1 Å². The number of benzene rings is 1. The van der Waals surface area contributed by atoms with Gasteiger partial charge in [0.15, 0.2) is 17.8 Å². The quantitative estimate of drug-likeness (QED) is 0.798. The molecule has 0 aliphatic heterocycles. The molecule has 0 fully saturated rings. The van der Waals surface area contributed by atoms with E-state index in [-0.39, 0.29) is 18.7 Å². The monoisotopic (exact) mass is 229 g/mol. The average Bonchev–Trinajstić information content (AvgIpc) is 2.75. The summed E-state index contributed by atoms with van der Waals surface area (Å²) in [6.45, 7) is 0.215. The molecule has 0 amide bonds. The van der Waals surface area contributed by atoms with E-state index in [2.05, 4.69) is 4.98 Å². The van der Waals surface area contributed by atoms with Gasteiger partial charge in [-0.2, -0.15) is 5.26 Å². The van der Waals surface area contributed by atoms with E-state index in [0.29, 0.717) is 5.58 Å². The van der Waals surface area contributed by atoms with Crippen molar-refractivity contribution >= 4 is 22.6 Å². The number of nitrogens with zero attached hydrogens (tertiary/aromatic N) is 3. The SMILES string of the molecule is CN(CC(=O)CC#N)c1ccc2ncoc2c1. The summed E-state index contributed by atoms with van der Waals surface area (Å²) in [6.07, 6.45) is 1.32. The first kappa shape index (κ1) is 11.1. The molecule has 1 heterocycles. The third-order valence-corrected chi connectivity index (χ3v) is 2.45. The van der Waals surface area contributed by atoms with Crippen molar-refractivity contribution in [3.63, 3.8) is 0 Å². The van der Waals surface area contributed by atoms with Crippen molar-refractivity contribution in [2.24, 2.45) is 0 Å². The fourth-order valence-corrected chi connectivity index (χ4v) is 1.58. The molecule has 0 unspecified atom stereocenters. The maximum atomic E-state index is 11.3. The Kier molecular flexibility index (Phi) is 3.06. The standard InChI is InChI=1S/C12H11N3O2/c1-15(7-10(16)4-5-13)9-2-3-11-12(6-9)17-8-14-11/h2-3,6,8H,4,7H2,1H3. The molecule has 0 saturated heterocycles. The minimum absolute atomic E-state index is 0.0606. The third kappa shape index (κ3) is 2.42. The fraction of sp³-hybridized carbons (Fsp3) is 0.250. The number of aromatic nitrogens is 1. The van der Waals surface area contributed by atoms with Crippen molar-refractivity contribution in [2.75, 3.05) is 18.5 Å².